The Morgan fingerprint density at radius 3 is 3.00 bits per heavy atom. The normalized spacial score (nSPS) is 10.4. The zero-order chi connectivity index (χ0) is 8.10. The van der Waals surface area contributed by atoms with Crippen molar-refractivity contribution in [2.75, 3.05) is 6.54 Å². The molecule has 1 aromatic rings. The lowest BCUT2D eigenvalue weighted by molar-refractivity contribution is 0.569. The van der Waals surface area contributed by atoms with Crippen molar-refractivity contribution in [2.24, 2.45) is 5.73 Å². The third kappa shape index (κ3) is 1.98. The molecule has 0 bridgehead atoms. The Labute approximate surface area is 65.6 Å². The van der Waals surface area contributed by atoms with Gasteiger partial charge in [-0.1, -0.05) is 6.92 Å². The van der Waals surface area contributed by atoms with Gasteiger partial charge >= 0.3 is 0 Å². The second-order valence-corrected chi connectivity index (χ2v) is 2.36. The molecule has 0 atom stereocenters. The molecule has 2 N–H and O–H groups in total. The zero-order valence-electron chi connectivity index (χ0n) is 6.69. The van der Waals surface area contributed by atoms with E-state index in [1.54, 1.807) is 4.68 Å². The number of hydrogen-bond acceptors (Lipinski definition) is 4. The maximum Gasteiger partial charge on any atom is 0.151 e. The van der Waals surface area contributed by atoms with Crippen LogP contribution in [0.25, 0.3) is 0 Å². The van der Waals surface area contributed by atoms with Crippen molar-refractivity contribution in [1.82, 2.24) is 20.2 Å². The molecule has 1 heterocycles. The molecule has 1 rings (SSSR count). The summed E-state index contributed by atoms with van der Waals surface area (Å²) in [4.78, 5) is 0. The van der Waals surface area contributed by atoms with E-state index in [1.165, 1.54) is 0 Å². The summed E-state index contributed by atoms with van der Waals surface area (Å²) in [6.07, 6.45) is 1.98. The number of tetrazole rings is 1. The van der Waals surface area contributed by atoms with E-state index in [9.17, 15) is 0 Å². The van der Waals surface area contributed by atoms with Gasteiger partial charge in [-0.25, -0.2) is 4.68 Å². The van der Waals surface area contributed by atoms with E-state index in [0.29, 0.717) is 13.1 Å². The van der Waals surface area contributed by atoms with Crippen molar-refractivity contribution >= 4 is 0 Å². The molecule has 5 nitrogen and oxygen atoms in total. The molecule has 0 unspecified atom stereocenters. The van der Waals surface area contributed by atoms with Crippen LogP contribution in [0.1, 0.15) is 19.2 Å². The van der Waals surface area contributed by atoms with Crippen LogP contribution in [-0.4, -0.2) is 26.8 Å². The Balaban J connectivity index is 2.62. The van der Waals surface area contributed by atoms with Gasteiger partial charge in [0.1, 0.15) is 0 Å². The Morgan fingerprint density at radius 1 is 1.55 bits per heavy atom. The second kappa shape index (κ2) is 4.02. The first kappa shape index (κ1) is 8.13. The van der Waals surface area contributed by atoms with E-state index in [1.807, 2.05) is 0 Å². The third-order valence-corrected chi connectivity index (χ3v) is 1.42. The fourth-order valence-electron chi connectivity index (χ4n) is 0.922. The topological polar surface area (TPSA) is 69.6 Å². The molecule has 5 heteroatoms. The molecule has 0 radical (unpaired) electrons. The van der Waals surface area contributed by atoms with Gasteiger partial charge in [-0.2, -0.15) is 0 Å². The van der Waals surface area contributed by atoms with Crippen LogP contribution in [0.5, 0.6) is 0 Å². The molecule has 0 amide bonds. The average molecular weight is 155 g/mol. The van der Waals surface area contributed by atoms with Gasteiger partial charge < -0.3 is 5.73 Å². The van der Waals surface area contributed by atoms with Gasteiger partial charge in [0.25, 0.3) is 0 Å². The summed E-state index contributed by atoms with van der Waals surface area (Å²) in [7, 11) is 0. The van der Waals surface area contributed by atoms with Crippen LogP contribution in [0, 0.1) is 0 Å². The molecule has 11 heavy (non-hydrogen) atoms. The number of nitrogens with two attached hydrogens (primary N) is 1. The van der Waals surface area contributed by atoms with Gasteiger partial charge in [0.15, 0.2) is 5.82 Å². The molecule has 1 aromatic heterocycles. The highest BCUT2D eigenvalue weighted by atomic mass is 15.5. The molecule has 62 valence electrons. The maximum atomic E-state index is 5.37. The lowest BCUT2D eigenvalue weighted by Gasteiger charge is -1.99. The summed E-state index contributed by atoms with van der Waals surface area (Å²) >= 11 is 0. The van der Waals surface area contributed by atoms with Gasteiger partial charge in [-0.3, -0.25) is 0 Å². The van der Waals surface area contributed by atoms with E-state index >= 15 is 0 Å². The largest absolute Gasteiger partial charge is 0.329 e. The Kier molecular flexibility index (Phi) is 2.97. The van der Waals surface area contributed by atoms with E-state index in [2.05, 4.69) is 22.4 Å². The highest BCUT2D eigenvalue weighted by Crippen LogP contribution is 1.95. The number of nitrogens with zero attached hydrogens (tertiary/aromatic N) is 4. The Bertz CT molecular complexity index is 186. The summed E-state index contributed by atoms with van der Waals surface area (Å²) in [6, 6.07) is 0. The molecule has 0 spiro atoms. The molecule has 0 aliphatic heterocycles. The summed E-state index contributed by atoms with van der Waals surface area (Å²) in [5, 5.41) is 11.2. The molecular weight excluding hydrogens is 142 g/mol. The molecule has 0 saturated heterocycles. The summed E-state index contributed by atoms with van der Waals surface area (Å²) in [5.74, 6) is 0.929. The average Bonchev–Trinajstić information content (AvgIpc) is 2.39. The lowest BCUT2D eigenvalue weighted by atomic mass is 10.3. The Hall–Kier alpha value is -0.970. The molecule has 0 aliphatic carbocycles. The summed E-state index contributed by atoms with van der Waals surface area (Å²) in [6.45, 7) is 3.39. The second-order valence-electron chi connectivity index (χ2n) is 2.36. The van der Waals surface area contributed by atoms with Crippen molar-refractivity contribution in [2.45, 2.75) is 26.3 Å². The van der Waals surface area contributed by atoms with Crippen LogP contribution in [0.3, 0.4) is 0 Å². The van der Waals surface area contributed by atoms with Gasteiger partial charge in [0, 0.05) is 13.0 Å². The smallest absolute Gasteiger partial charge is 0.151 e. The van der Waals surface area contributed by atoms with Crippen LogP contribution in [0.15, 0.2) is 0 Å². The summed E-state index contributed by atoms with van der Waals surface area (Å²) in [5.41, 5.74) is 5.37. The molecule has 0 saturated carbocycles. The first-order chi connectivity index (χ1) is 5.38. The van der Waals surface area contributed by atoms with Crippen molar-refractivity contribution in [3.8, 4) is 0 Å². The molecular formula is C6H13N5. The third-order valence-electron chi connectivity index (χ3n) is 1.42. The van der Waals surface area contributed by atoms with Crippen LogP contribution in [-0.2, 0) is 13.0 Å². The van der Waals surface area contributed by atoms with E-state index in [4.69, 9.17) is 5.73 Å². The van der Waals surface area contributed by atoms with Gasteiger partial charge in [0.05, 0.1) is 6.54 Å². The fourth-order valence-corrected chi connectivity index (χ4v) is 0.922. The first-order valence-electron chi connectivity index (χ1n) is 3.83. The summed E-state index contributed by atoms with van der Waals surface area (Å²) < 4.78 is 1.75. The van der Waals surface area contributed by atoms with Gasteiger partial charge in [-0.05, 0) is 16.8 Å². The molecule has 0 aliphatic rings. The van der Waals surface area contributed by atoms with Crippen molar-refractivity contribution in [1.29, 1.82) is 0 Å². The highest BCUT2D eigenvalue weighted by molar-refractivity contribution is 4.79. The first-order valence-corrected chi connectivity index (χ1v) is 3.83. The quantitative estimate of drug-likeness (QED) is 0.641. The molecule has 0 fully saturated rings. The number of hydrogen-bond donors (Lipinski definition) is 1. The molecule has 0 aromatic carbocycles. The van der Waals surface area contributed by atoms with Crippen molar-refractivity contribution < 1.29 is 0 Å². The van der Waals surface area contributed by atoms with Crippen molar-refractivity contribution in [3.63, 3.8) is 0 Å². The Morgan fingerprint density at radius 2 is 2.36 bits per heavy atom. The minimum Gasteiger partial charge on any atom is -0.329 e. The van der Waals surface area contributed by atoms with Gasteiger partial charge in [0.2, 0.25) is 0 Å². The van der Waals surface area contributed by atoms with Gasteiger partial charge in [-0.15, -0.1) is 5.10 Å². The number of rotatable bonds is 4. The van der Waals surface area contributed by atoms with E-state index in [0.717, 1.165) is 18.7 Å². The maximum absolute atomic E-state index is 5.37. The van der Waals surface area contributed by atoms with E-state index < -0.39 is 0 Å². The van der Waals surface area contributed by atoms with Crippen LogP contribution >= 0.6 is 0 Å². The SMILES string of the molecule is CCCc1nnnn1CCN. The number of aryl methyl sites for hydroxylation is 1. The minimum atomic E-state index is 0.585. The minimum absolute atomic E-state index is 0.585. The predicted molar refractivity (Wildman–Crippen MR) is 40.9 cm³/mol. The van der Waals surface area contributed by atoms with Crippen molar-refractivity contribution in [3.05, 3.63) is 5.82 Å². The monoisotopic (exact) mass is 155 g/mol. The van der Waals surface area contributed by atoms with Crippen LogP contribution < -0.4 is 5.73 Å². The fraction of sp³-hybridized carbons (Fsp3) is 0.833. The van der Waals surface area contributed by atoms with Crippen LogP contribution in [0.4, 0.5) is 0 Å². The van der Waals surface area contributed by atoms with E-state index in [-0.39, 0.29) is 0 Å². The predicted octanol–water partition coefficient (Wildman–Crippen LogP) is -0.416. The van der Waals surface area contributed by atoms with Crippen LogP contribution in [0.2, 0.25) is 0 Å². The highest BCUT2D eigenvalue weighted by Gasteiger charge is 2.01. The number of aromatic nitrogens is 4. The lowest BCUT2D eigenvalue weighted by Crippen LogP contribution is -2.13. The zero-order valence-corrected chi connectivity index (χ0v) is 6.69. The standard InChI is InChI=1S/C6H13N5/c1-2-3-6-8-9-10-11(6)5-4-7/h2-5,7H2,1H3.